The first-order valence-corrected chi connectivity index (χ1v) is 5.96. The van der Waals surface area contributed by atoms with E-state index in [1.54, 1.807) is 24.3 Å². The minimum absolute atomic E-state index is 0.444. The lowest BCUT2D eigenvalue weighted by atomic mass is 10.2. The van der Waals surface area contributed by atoms with Crippen LogP contribution in [0, 0.1) is 0 Å². The van der Waals surface area contributed by atoms with Crippen molar-refractivity contribution in [2.45, 2.75) is 12.5 Å². The number of hydrogen-bond acceptors (Lipinski definition) is 3. The number of nitrogens with one attached hydrogen (secondary N) is 2. The van der Waals surface area contributed by atoms with Gasteiger partial charge in [-0.1, -0.05) is 12.1 Å². The molecule has 0 saturated carbocycles. The Morgan fingerprint density at radius 3 is 2.37 bits per heavy atom. The second kappa shape index (κ2) is 6.74. The number of anilines is 1. The zero-order valence-electron chi connectivity index (χ0n) is 9.59. The van der Waals surface area contributed by atoms with E-state index in [9.17, 15) is 14.4 Å². The molecule has 0 spiro atoms. The summed E-state index contributed by atoms with van der Waals surface area (Å²) in [7, 11) is 0. The molecule has 0 heterocycles. The van der Waals surface area contributed by atoms with Crippen LogP contribution in [0.3, 0.4) is 0 Å². The molecule has 0 radical (unpaired) electrons. The van der Waals surface area contributed by atoms with E-state index in [-0.39, 0.29) is 0 Å². The number of urea groups is 1. The van der Waals surface area contributed by atoms with Crippen LogP contribution in [0.4, 0.5) is 10.5 Å². The average Bonchev–Trinajstić information content (AvgIpc) is 2.30. The Hall–Kier alpha value is -2.09. The molecule has 1 aromatic carbocycles. The maximum atomic E-state index is 11.6. The SMILES string of the molecule is O=C(O)C[C@H](NC(=O)Nc1ccccc1Br)C(=O)O. The summed E-state index contributed by atoms with van der Waals surface area (Å²) in [6.45, 7) is 0. The summed E-state index contributed by atoms with van der Waals surface area (Å²) in [5.74, 6) is -2.72. The van der Waals surface area contributed by atoms with Crippen molar-refractivity contribution >= 4 is 39.6 Å². The lowest BCUT2D eigenvalue weighted by molar-refractivity contribution is -0.145. The van der Waals surface area contributed by atoms with Gasteiger partial charge >= 0.3 is 18.0 Å². The summed E-state index contributed by atoms with van der Waals surface area (Å²) < 4.78 is 0.621. The van der Waals surface area contributed by atoms with Gasteiger partial charge in [-0.25, -0.2) is 9.59 Å². The van der Waals surface area contributed by atoms with Gasteiger partial charge in [0.1, 0.15) is 6.04 Å². The molecule has 1 rings (SSSR count). The minimum atomic E-state index is -1.49. The van der Waals surface area contributed by atoms with Gasteiger partial charge < -0.3 is 20.8 Å². The second-order valence-corrected chi connectivity index (χ2v) is 4.42. The van der Waals surface area contributed by atoms with Gasteiger partial charge in [0.15, 0.2) is 0 Å². The Labute approximate surface area is 116 Å². The molecule has 19 heavy (non-hydrogen) atoms. The highest BCUT2D eigenvalue weighted by Crippen LogP contribution is 2.20. The number of hydrogen-bond donors (Lipinski definition) is 4. The van der Waals surface area contributed by atoms with Crippen LogP contribution in [0.2, 0.25) is 0 Å². The normalized spacial score (nSPS) is 11.4. The molecule has 0 saturated heterocycles. The van der Waals surface area contributed by atoms with Crippen LogP contribution in [0.5, 0.6) is 0 Å². The third-order valence-electron chi connectivity index (χ3n) is 2.10. The van der Waals surface area contributed by atoms with Crippen LogP contribution in [0.15, 0.2) is 28.7 Å². The highest BCUT2D eigenvalue weighted by Gasteiger charge is 2.23. The van der Waals surface area contributed by atoms with Gasteiger partial charge in [-0.2, -0.15) is 0 Å². The molecule has 0 aliphatic carbocycles. The van der Waals surface area contributed by atoms with Gasteiger partial charge in [0.25, 0.3) is 0 Å². The first kappa shape index (κ1) is 15.0. The number of carboxylic acid groups (broad SMARTS) is 2. The van der Waals surface area contributed by atoms with Crippen molar-refractivity contribution < 1.29 is 24.6 Å². The van der Waals surface area contributed by atoms with E-state index < -0.39 is 30.4 Å². The van der Waals surface area contributed by atoms with Crippen molar-refractivity contribution in [2.75, 3.05) is 5.32 Å². The molecule has 0 aromatic heterocycles. The van der Waals surface area contributed by atoms with Gasteiger partial charge in [-0.3, -0.25) is 4.79 Å². The van der Waals surface area contributed by atoms with E-state index in [0.29, 0.717) is 10.2 Å². The molecule has 0 fully saturated rings. The topological polar surface area (TPSA) is 116 Å². The van der Waals surface area contributed by atoms with E-state index >= 15 is 0 Å². The van der Waals surface area contributed by atoms with Crippen LogP contribution in [-0.4, -0.2) is 34.2 Å². The summed E-state index contributed by atoms with van der Waals surface area (Å²) in [4.78, 5) is 32.8. The maximum absolute atomic E-state index is 11.6. The third kappa shape index (κ3) is 4.96. The number of amides is 2. The van der Waals surface area contributed by atoms with Crippen LogP contribution >= 0.6 is 15.9 Å². The fraction of sp³-hybridized carbons (Fsp3) is 0.182. The molecule has 102 valence electrons. The number of rotatable bonds is 5. The molecule has 0 unspecified atom stereocenters. The number of carboxylic acids is 2. The second-order valence-electron chi connectivity index (χ2n) is 3.57. The maximum Gasteiger partial charge on any atom is 0.326 e. The van der Waals surface area contributed by atoms with Crippen LogP contribution in [0.1, 0.15) is 6.42 Å². The lowest BCUT2D eigenvalue weighted by Gasteiger charge is -2.13. The van der Waals surface area contributed by atoms with E-state index in [1.807, 2.05) is 0 Å². The smallest absolute Gasteiger partial charge is 0.326 e. The van der Waals surface area contributed by atoms with Gasteiger partial charge in [0.05, 0.1) is 12.1 Å². The van der Waals surface area contributed by atoms with Gasteiger partial charge in [-0.05, 0) is 28.1 Å². The van der Waals surface area contributed by atoms with Crippen molar-refractivity contribution in [3.8, 4) is 0 Å². The predicted molar refractivity (Wildman–Crippen MR) is 70.0 cm³/mol. The van der Waals surface area contributed by atoms with Crippen molar-refractivity contribution in [1.82, 2.24) is 5.32 Å². The molecular weight excluding hydrogens is 320 g/mol. The number of carbonyl (C=O) groups is 3. The summed E-state index contributed by atoms with van der Waals surface area (Å²) in [6.07, 6.45) is -0.696. The van der Waals surface area contributed by atoms with Crippen molar-refractivity contribution in [1.29, 1.82) is 0 Å². The minimum Gasteiger partial charge on any atom is -0.481 e. The molecule has 8 heteroatoms. The zero-order valence-corrected chi connectivity index (χ0v) is 11.2. The molecule has 0 aliphatic heterocycles. The summed E-state index contributed by atoms with van der Waals surface area (Å²) in [5.41, 5.74) is 0.444. The number of para-hydroxylation sites is 1. The quantitative estimate of drug-likeness (QED) is 0.652. The largest absolute Gasteiger partial charge is 0.481 e. The molecule has 4 N–H and O–H groups in total. The Bertz CT molecular complexity index is 506. The van der Waals surface area contributed by atoms with Gasteiger partial charge in [-0.15, -0.1) is 0 Å². The number of halogens is 1. The van der Waals surface area contributed by atoms with Crippen LogP contribution < -0.4 is 10.6 Å². The molecule has 0 aliphatic rings. The first-order chi connectivity index (χ1) is 8.90. The average molecular weight is 331 g/mol. The van der Waals surface area contributed by atoms with E-state index in [4.69, 9.17) is 10.2 Å². The molecule has 2 amide bonds. The number of benzene rings is 1. The fourth-order valence-electron chi connectivity index (χ4n) is 1.25. The predicted octanol–water partition coefficient (Wildman–Crippen LogP) is 1.50. The van der Waals surface area contributed by atoms with Crippen LogP contribution in [0.25, 0.3) is 0 Å². The summed E-state index contributed by atoms with van der Waals surface area (Å²) in [6, 6.07) is 4.46. The third-order valence-corrected chi connectivity index (χ3v) is 2.80. The fourth-order valence-corrected chi connectivity index (χ4v) is 1.64. The summed E-state index contributed by atoms with van der Waals surface area (Å²) in [5, 5.41) is 21.8. The molecule has 0 bridgehead atoms. The number of carbonyl (C=O) groups excluding carboxylic acids is 1. The summed E-state index contributed by atoms with van der Waals surface area (Å²) >= 11 is 3.21. The van der Waals surface area contributed by atoms with E-state index in [0.717, 1.165) is 0 Å². The highest BCUT2D eigenvalue weighted by atomic mass is 79.9. The monoisotopic (exact) mass is 330 g/mol. The Kier molecular flexibility index (Phi) is 5.31. The molecule has 7 nitrogen and oxygen atoms in total. The molecule has 1 atom stereocenters. The molecular formula is C11H11BrN2O5. The zero-order chi connectivity index (χ0) is 14.4. The van der Waals surface area contributed by atoms with Crippen molar-refractivity contribution in [3.05, 3.63) is 28.7 Å². The highest BCUT2D eigenvalue weighted by molar-refractivity contribution is 9.10. The van der Waals surface area contributed by atoms with Gasteiger partial charge in [0, 0.05) is 4.47 Å². The van der Waals surface area contributed by atoms with Crippen molar-refractivity contribution in [3.63, 3.8) is 0 Å². The lowest BCUT2D eigenvalue weighted by Crippen LogP contribution is -2.44. The number of aliphatic carboxylic acids is 2. The van der Waals surface area contributed by atoms with E-state index in [1.165, 1.54) is 0 Å². The van der Waals surface area contributed by atoms with Crippen LogP contribution in [-0.2, 0) is 9.59 Å². The Morgan fingerprint density at radius 1 is 1.21 bits per heavy atom. The first-order valence-electron chi connectivity index (χ1n) is 5.17. The molecule has 1 aromatic rings. The van der Waals surface area contributed by atoms with Crippen molar-refractivity contribution in [2.24, 2.45) is 0 Å². The van der Waals surface area contributed by atoms with E-state index in [2.05, 4.69) is 26.6 Å². The Balaban J connectivity index is 2.65. The van der Waals surface area contributed by atoms with Gasteiger partial charge in [0.2, 0.25) is 0 Å². The standard InChI is InChI=1S/C11H11BrN2O5/c12-6-3-1-2-4-7(6)13-11(19)14-8(10(17)18)5-9(15)16/h1-4,8H,5H2,(H,15,16)(H,17,18)(H2,13,14,19)/t8-/m0/s1. The Morgan fingerprint density at radius 2 is 1.84 bits per heavy atom.